The lowest BCUT2D eigenvalue weighted by Crippen LogP contribution is -2.33. The third-order valence-electron chi connectivity index (χ3n) is 4.11. The van der Waals surface area contributed by atoms with Gasteiger partial charge in [0.2, 0.25) is 6.10 Å². The van der Waals surface area contributed by atoms with Crippen molar-refractivity contribution in [1.82, 2.24) is 5.32 Å². The zero-order valence-corrected chi connectivity index (χ0v) is 15.5. The van der Waals surface area contributed by atoms with Gasteiger partial charge in [-0.15, -0.1) is 0 Å². The van der Waals surface area contributed by atoms with Crippen molar-refractivity contribution in [2.75, 3.05) is 11.9 Å². The van der Waals surface area contributed by atoms with Crippen LogP contribution in [0.25, 0.3) is 0 Å². The molecule has 28 heavy (non-hydrogen) atoms. The van der Waals surface area contributed by atoms with Gasteiger partial charge >= 0.3 is 12.1 Å². The van der Waals surface area contributed by atoms with E-state index in [-0.39, 0.29) is 24.1 Å². The molecule has 7 nitrogen and oxygen atoms in total. The Kier molecular flexibility index (Phi) is 6.26. The molecule has 0 radical (unpaired) electrons. The summed E-state index contributed by atoms with van der Waals surface area (Å²) in [7, 11) is 0. The summed E-state index contributed by atoms with van der Waals surface area (Å²) in [6, 6.07) is 15.3. The van der Waals surface area contributed by atoms with Crippen molar-refractivity contribution >= 4 is 23.7 Å². The first-order valence-electron chi connectivity index (χ1n) is 9.17. The maximum absolute atomic E-state index is 12.7. The van der Waals surface area contributed by atoms with Crippen LogP contribution in [0.1, 0.15) is 41.8 Å². The molecule has 2 aromatic rings. The smallest absolute Gasteiger partial charge is 0.411 e. The first kappa shape index (κ1) is 19.4. The summed E-state index contributed by atoms with van der Waals surface area (Å²) < 4.78 is 10.3. The first-order valence-corrected chi connectivity index (χ1v) is 9.17. The van der Waals surface area contributed by atoms with Crippen molar-refractivity contribution in [3.05, 3.63) is 65.7 Å². The van der Waals surface area contributed by atoms with E-state index in [9.17, 15) is 14.4 Å². The average molecular weight is 382 g/mol. The standard InChI is InChI=1S/C21H22N2O5/c1-2-27-21(26)23-17-10-6-9-15(13-17)20(25)28-18(14-7-4-3-5-8-14)19(24)22-16-11-12-16/h3-10,13,16,18H,2,11-12H2,1H3,(H,22,24)(H,23,26). The number of carbonyl (C=O) groups is 3. The number of benzene rings is 2. The molecular weight excluding hydrogens is 360 g/mol. The molecule has 2 amide bonds. The van der Waals surface area contributed by atoms with Gasteiger partial charge in [-0.25, -0.2) is 9.59 Å². The second-order valence-electron chi connectivity index (χ2n) is 6.41. The fourth-order valence-electron chi connectivity index (χ4n) is 2.59. The molecule has 7 heteroatoms. The predicted octanol–water partition coefficient (Wildman–Crippen LogP) is 3.43. The molecule has 1 atom stereocenters. The lowest BCUT2D eigenvalue weighted by molar-refractivity contribution is -0.130. The van der Waals surface area contributed by atoms with Crippen LogP contribution < -0.4 is 10.6 Å². The zero-order valence-electron chi connectivity index (χ0n) is 15.5. The minimum absolute atomic E-state index is 0.148. The molecule has 0 aliphatic heterocycles. The Morgan fingerprint density at radius 1 is 1.07 bits per heavy atom. The van der Waals surface area contributed by atoms with Gasteiger partial charge in [-0.05, 0) is 38.0 Å². The first-order chi connectivity index (χ1) is 13.6. The molecule has 1 fully saturated rings. The van der Waals surface area contributed by atoms with Gasteiger partial charge in [-0.3, -0.25) is 10.1 Å². The van der Waals surface area contributed by atoms with E-state index in [0.29, 0.717) is 11.3 Å². The summed E-state index contributed by atoms with van der Waals surface area (Å²) >= 11 is 0. The second-order valence-corrected chi connectivity index (χ2v) is 6.41. The van der Waals surface area contributed by atoms with Crippen molar-refractivity contribution in [3.63, 3.8) is 0 Å². The van der Waals surface area contributed by atoms with Gasteiger partial charge in [0.15, 0.2) is 0 Å². The summed E-state index contributed by atoms with van der Waals surface area (Å²) in [4.78, 5) is 36.8. The van der Waals surface area contributed by atoms with E-state index in [0.717, 1.165) is 12.8 Å². The lowest BCUT2D eigenvalue weighted by Gasteiger charge is -2.18. The molecule has 2 aromatic carbocycles. The summed E-state index contributed by atoms with van der Waals surface area (Å²) in [5.41, 5.74) is 1.20. The van der Waals surface area contributed by atoms with E-state index in [1.807, 2.05) is 6.07 Å². The molecule has 1 unspecified atom stereocenters. The van der Waals surface area contributed by atoms with Crippen LogP contribution in [-0.4, -0.2) is 30.6 Å². The van der Waals surface area contributed by atoms with Gasteiger partial charge in [-0.2, -0.15) is 0 Å². The summed E-state index contributed by atoms with van der Waals surface area (Å²) in [5.74, 6) is -1.00. The number of amides is 2. The molecule has 0 heterocycles. The van der Waals surface area contributed by atoms with Crippen LogP contribution in [0.2, 0.25) is 0 Å². The van der Waals surface area contributed by atoms with Crippen LogP contribution in [0.15, 0.2) is 54.6 Å². The Bertz CT molecular complexity index is 849. The van der Waals surface area contributed by atoms with Crippen LogP contribution in [0.4, 0.5) is 10.5 Å². The second kappa shape index (κ2) is 9.03. The maximum atomic E-state index is 12.7. The minimum Gasteiger partial charge on any atom is -0.450 e. The highest BCUT2D eigenvalue weighted by Gasteiger charge is 2.31. The van der Waals surface area contributed by atoms with Crippen LogP contribution in [-0.2, 0) is 14.3 Å². The van der Waals surface area contributed by atoms with Crippen molar-refractivity contribution < 1.29 is 23.9 Å². The molecule has 0 spiro atoms. The number of hydrogen-bond acceptors (Lipinski definition) is 5. The maximum Gasteiger partial charge on any atom is 0.411 e. The van der Waals surface area contributed by atoms with E-state index < -0.39 is 18.2 Å². The fourth-order valence-corrected chi connectivity index (χ4v) is 2.59. The van der Waals surface area contributed by atoms with E-state index in [2.05, 4.69) is 10.6 Å². The third kappa shape index (κ3) is 5.33. The van der Waals surface area contributed by atoms with Crippen molar-refractivity contribution in [2.45, 2.75) is 31.9 Å². The lowest BCUT2D eigenvalue weighted by atomic mass is 10.1. The average Bonchev–Trinajstić information content (AvgIpc) is 3.51. The molecule has 1 aliphatic rings. The molecule has 0 aromatic heterocycles. The summed E-state index contributed by atoms with van der Waals surface area (Å²) in [5, 5.41) is 5.40. The highest BCUT2D eigenvalue weighted by Crippen LogP contribution is 2.24. The number of esters is 1. The van der Waals surface area contributed by atoms with Crippen LogP contribution in [0, 0.1) is 0 Å². The van der Waals surface area contributed by atoms with E-state index in [4.69, 9.17) is 9.47 Å². The quantitative estimate of drug-likeness (QED) is 0.716. The zero-order chi connectivity index (χ0) is 19.9. The fraction of sp³-hybridized carbons (Fsp3) is 0.286. The molecule has 0 bridgehead atoms. The largest absolute Gasteiger partial charge is 0.450 e. The van der Waals surface area contributed by atoms with E-state index in [1.165, 1.54) is 6.07 Å². The molecule has 1 aliphatic carbocycles. The van der Waals surface area contributed by atoms with Crippen LogP contribution in [0.3, 0.4) is 0 Å². The van der Waals surface area contributed by atoms with Gasteiger partial charge in [-0.1, -0.05) is 36.4 Å². The molecule has 146 valence electrons. The molecule has 2 N–H and O–H groups in total. The topological polar surface area (TPSA) is 93.7 Å². The minimum atomic E-state index is -1.05. The van der Waals surface area contributed by atoms with Crippen molar-refractivity contribution in [2.24, 2.45) is 0 Å². The van der Waals surface area contributed by atoms with E-state index >= 15 is 0 Å². The molecule has 1 saturated carbocycles. The Labute approximate surface area is 163 Å². The Hall–Kier alpha value is -3.35. The molecule has 3 rings (SSSR count). The van der Waals surface area contributed by atoms with Gasteiger partial charge in [0, 0.05) is 17.3 Å². The SMILES string of the molecule is CCOC(=O)Nc1cccc(C(=O)OC(C(=O)NC2CC2)c2ccccc2)c1. The number of anilines is 1. The Balaban J connectivity index is 1.74. The Morgan fingerprint density at radius 3 is 2.50 bits per heavy atom. The summed E-state index contributed by atoms with van der Waals surface area (Å²) in [6.45, 7) is 1.94. The monoisotopic (exact) mass is 382 g/mol. The number of ether oxygens (including phenoxy) is 2. The van der Waals surface area contributed by atoms with Crippen molar-refractivity contribution in [1.29, 1.82) is 0 Å². The Morgan fingerprint density at radius 2 is 1.82 bits per heavy atom. The van der Waals surface area contributed by atoms with Crippen LogP contribution in [0.5, 0.6) is 0 Å². The highest BCUT2D eigenvalue weighted by molar-refractivity contribution is 5.94. The van der Waals surface area contributed by atoms with Gasteiger partial charge in [0.05, 0.1) is 12.2 Å². The van der Waals surface area contributed by atoms with Crippen molar-refractivity contribution in [3.8, 4) is 0 Å². The van der Waals surface area contributed by atoms with Gasteiger partial charge < -0.3 is 14.8 Å². The number of hydrogen-bond donors (Lipinski definition) is 2. The van der Waals surface area contributed by atoms with Gasteiger partial charge in [0.25, 0.3) is 5.91 Å². The van der Waals surface area contributed by atoms with Gasteiger partial charge in [0.1, 0.15) is 0 Å². The van der Waals surface area contributed by atoms with E-state index in [1.54, 1.807) is 49.4 Å². The highest BCUT2D eigenvalue weighted by atomic mass is 16.6. The number of nitrogens with one attached hydrogen (secondary N) is 2. The number of rotatable bonds is 7. The summed E-state index contributed by atoms with van der Waals surface area (Å²) in [6.07, 6.45) is 0.209. The predicted molar refractivity (Wildman–Crippen MR) is 103 cm³/mol. The molecular formula is C21H22N2O5. The number of carbonyl (C=O) groups excluding carboxylic acids is 3. The normalized spacial score (nSPS) is 13.9. The van der Waals surface area contributed by atoms with Crippen LogP contribution >= 0.6 is 0 Å². The third-order valence-corrected chi connectivity index (χ3v) is 4.11. The molecule has 0 saturated heterocycles.